The fourth-order valence-corrected chi connectivity index (χ4v) is 1.83. The molecule has 92 valence electrons. The van der Waals surface area contributed by atoms with Crippen LogP contribution < -0.4 is 4.90 Å². The lowest BCUT2D eigenvalue weighted by Crippen LogP contribution is -2.50. The van der Waals surface area contributed by atoms with Crippen molar-refractivity contribution in [3.8, 4) is 0 Å². The van der Waals surface area contributed by atoms with Gasteiger partial charge in [-0.1, -0.05) is 0 Å². The molecule has 0 aromatic carbocycles. The number of nitrogens with zero attached hydrogens (tertiary/aromatic N) is 4. The molecule has 1 aromatic heterocycles. The summed E-state index contributed by atoms with van der Waals surface area (Å²) < 4.78 is 4.84. The lowest BCUT2D eigenvalue weighted by atomic mass is 10.3. The quantitative estimate of drug-likeness (QED) is 0.725. The summed E-state index contributed by atoms with van der Waals surface area (Å²) in [7, 11) is 1.53. The van der Waals surface area contributed by atoms with Crippen LogP contribution in [0.2, 0.25) is 0 Å². The Labute approximate surface area is 100 Å². The average molecular weight is 236 g/mol. The van der Waals surface area contributed by atoms with Crippen LogP contribution in [0.15, 0.2) is 18.5 Å². The van der Waals surface area contributed by atoms with Gasteiger partial charge in [0.05, 0.1) is 0 Å². The molecule has 0 bridgehead atoms. The van der Waals surface area contributed by atoms with Crippen molar-refractivity contribution in [2.45, 2.75) is 0 Å². The third-order valence-electron chi connectivity index (χ3n) is 2.74. The first-order valence-electron chi connectivity index (χ1n) is 5.60. The molecule has 0 aliphatic carbocycles. The molecule has 0 atom stereocenters. The van der Waals surface area contributed by atoms with E-state index in [1.54, 1.807) is 18.5 Å². The molecule has 1 aromatic rings. The van der Waals surface area contributed by atoms with Gasteiger partial charge in [0.15, 0.2) is 0 Å². The summed E-state index contributed by atoms with van der Waals surface area (Å²) in [5.41, 5.74) is 0. The molecule has 0 N–H and O–H groups in total. The maximum atomic E-state index is 11.6. The van der Waals surface area contributed by atoms with Crippen molar-refractivity contribution in [3.05, 3.63) is 18.5 Å². The molecule has 2 heterocycles. The van der Waals surface area contributed by atoms with E-state index in [0.29, 0.717) is 13.1 Å². The standard InChI is InChI=1S/C11H16N4O2/c1-17-9-10(16)14-5-7-15(8-6-14)11-12-3-2-4-13-11/h2-4H,5-9H2,1H3. The molecule has 1 aliphatic heterocycles. The first-order valence-corrected chi connectivity index (χ1v) is 5.60. The summed E-state index contributed by atoms with van der Waals surface area (Å²) in [6.45, 7) is 3.07. The number of anilines is 1. The smallest absolute Gasteiger partial charge is 0.248 e. The van der Waals surface area contributed by atoms with Crippen molar-refractivity contribution in [3.63, 3.8) is 0 Å². The van der Waals surface area contributed by atoms with Gasteiger partial charge < -0.3 is 14.5 Å². The fourth-order valence-electron chi connectivity index (χ4n) is 1.83. The predicted molar refractivity (Wildman–Crippen MR) is 62.7 cm³/mol. The summed E-state index contributed by atoms with van der Waals surface area (Å²) in [6, 6.07) is 1.79. The molecule has 17 heavy (non-hydrogen) atoms. The molecule has 0 saturated carbocycles. The number of aromatic nitrogens is 2. The van der Waals surface area contributed by atoms with Crippen molar-refractivity contribution in [1.82, 2.24) is 14.9 Å². The van der Waals surface area contributed by atoms with E-state index in [4.69, 9.17) is 4.74 Å². The fraction of sp³-hybridized carbons (Fsp3) is 0.545. The number of carbonyl (C=O) groups is 1. The van der Waals surface area contributed by atoms with Crippen molar-refractivity contribution >= 4 is 11.9 Å². The SMILES string of the molecule is COCC(=O)N1CCN(c2ncccn2)CC1. The Balaban J connectivity index is 1.88. The Morgan fingerprint density at radius 3 is 2.53 bits per heavy atom. The average Bonchev–Trinajstić information content (AvgIpc) is 2.40. The van der Waals surface area contributed by atoms with Gasteiger partial charge >= 0.3 is 0 Å². The van der Waals surface area contributed by atoms with E-state index in [0.717, 1.165) is 19.0 Å². The number of piperazine rings is 1. The summed E-state index contributed by atoms with van der Waals surface area (Å²) in [4.78, 5) is 23.9. The van der Waals surface area contributed by atoms with Crippen LogP contribution in [0.4, 0.5) is 5.95 Å². The van der Waals surface area contributed by atoms with E-state index in [-0.39, 0.29) is 12.5 Å². The van der Waals surface area contributed by atoms with E-state index in [9.17, 15) is 4.79 Å². The maximum absolute atomic E-state index is 11.6. The molecular formula is C11H16N4O2. The highest BCUT2D eigenvalue weighted by Crippen LogP contribution is 2.09. The van der Waals surface area contributed by atoms with Gasteiger partial charge in [-0.3, -0.25) is 4.79 Å². The Kier molecular flexibility index (Phi) is 3.87. The second-order valence-corrected chi connectivity index (χ2v) is 3.85. The number of carbonyl (C=O) groups excluding carboxylic acids is 1. The van der Waals surface area contributed by atoms with Crippen LogP contribution in [0.3, 0.4) is 0 Å². The molecule has 0 radical (unpaired) electrons. The van der Waals surface area contributed by atoms with Crippen LogP contribution >= 0.6 is 0 Å². The second kappa shape index (κ2) is 5.58. The van der Waals surface area contributed by atoms with Crippen molar-refractivity contribution in [2.24, 2.45) is 0 Å². The highest BCUT2D eigenvalue weighted by Gasteiger charge is 2.21. The number of ether oxygens (including phenoxy) is 1. The van der Waals surface area contributed by atoms with Crippen LogP contribution in [0, 0.1) is 0 Å². The van der Waals surface area contributed by atoms with Crippen LogP contribution in [0.5, 0.6) is 0 Å². The molecular weight excluding hydrogens is 220 g/mol. The molecule has 1 amide bonds. The number of hydrogen-bond acceptors (Lipinski definition) is 5. The van der Waals surface area contributed by atoms with Gasteiger partial charge in [-0.05, 0) is 6.07 Å². The summed E-state index contributed by atoms with van der Waals surface area (Å²) >= 11 is 0. The van der Waals surface area contributed by atoms with Crippen molar-refractivity contribution in [2.75, 3.05) is 44.8 Å². The normalized spacial score (nSPS) is 16.1. The van der Waals surface area contributed by atoms with Gasteiger partial charge in [0.2, 0.25) is 11.9 Å². The molecule has 1 saturated heterocycles. The summed E-state index contributed by atoms with van der Waals surface area (Å²) in [5, 5.41) is 0. The third-order valence-corrected chi connectivity index (χ3v) is 2.74. The minimum absolute atomic E-state index is 0.0427. The van der Waals surface area contributed by atoms with E-state index >= 15 is 0 Å². The maximum Gasteiger partial charge on any atom is 0.248 e. The van der Waals surface area contributed by atoms with Crippen molar-refractivity contribution in [1.29, 1.82) is 0 Å². The van der Waals surface area contributed by atoms with Gasteiger partial charge in [-0.25, -0.2) is 9.97 Å². The minimum atomic E-state index is 0.0427. The Morgan fingerprint density at radius 2 is 1.94 bits per heavy atom. The number of amides is 1. The first kappa shape index (κ1) is 11.8. The lowest BCUT2D eigenvalue weighted by Gasteiger charge is -2.34. The van der Waals surface area contributed by atoms with Gasteiger partial charge in [0, 0.05) is 45.7 Å². The molecule has 6 nitrogen and oxygen atoms in total. The highest BCUT2D eigenvalue weighted by molar-refractivity contribution is 5.77. The van der Waals surface area contributed by atoms with Gasteiger partial charge in [0.1, 0.15) is 6.61 Å². The van der Waals surface area contributed by atoms with Crippen LogP contribution in [-0.2, 0) is 9.53 Å². The minimum Gasteiger partial charge on any atom is -0.375 e. The zero-order chi connectivity index (χ0) is 12.1. The monoisotopic (exact) mass is 236 g/mol. The molecule has 0 spiro atoms. The largest absolute Gasteiger partial charge is 0.375 e. The zero-order valence-electron chi connectivity index (χ0n) is 9.87. The Bertz CT molecular complexity index is 363. The molecule has 1 aliphatic rings. The van der Waals surface area contributed by atoms with E-state index in [1.807, 2.05) is 4.90 Å². The van der Waals surface area contributed by atoms with Gasteiger partial charge in [0.25, 0.3) is 0 Å². The zero-order valence-corrected chi connectivity index (χ0v) is 9.87. The summed E-state index contributed by atoms with van der Waals surface area (Å²) in [5.74, 6) is 0.771. The predicted octanol–water partition coefficient (Wildman–Crippen LogP) is -0.228. The van der Waals surface area contributed by atoms with E-state index < -0.39 is 0 Å². The van der Waals surface area contributed by atoms with Crippen LogP contribution in [0.25, 0.3) is 0 Å². The molecule has 0 unspecified atom stereocenters. The number of methoxy groups -OCH3 is 1. The number of rotatable bonds is 3. The van der Waals surface area contributed by atoms with E-state index in [1.165, 1.54) is 7.11 Å². The molecule has 2 rings (SSSR count). The third kappa shape index (κ3) is 2.91. The van der Waals surface area contributed by atoms with Crippen molar-refractivity contribution < 1.29 is 9.53 Å². The second-order valence-electron chi connectivity index (χ2n) is 3.85. The lowest BCUT2D eigenvalue weighted by molar-refractivity contribution is -0.135. The van der Waals surface area contributed by atoms with Gasteiger partial charge in [-0.15, -0.1) is 0 Å². The highest BCUT2D eigenvalue weighted by atomic mass is 16.5. The number of hydrogen-bond donors (Lipinski definition) is 0. The molecule has 6 heteroatoms. The van der Waals surface area contributed by atoms with Crippen LogP contribution in [0.1, 0.15) is 0 Å². The Hall–Kier alpha value is -1.69. The Morgan fingerprint density at radius 1 is 1.29 bits per heavy atom. The first-order chi connectivity index (χ1) is 8.31. The van der Waals surface area contributed by atoms with Gasteiger partial charge in [-0.2, -0.15) is 0 Å². The summed E-state index contributed by atoms with van der Waals surface area (Å²) in [6.07, 6.45) is 3.45. The topological polar surface area (TPSA) is 58.6 Å². The molecule has 1 fully saturated rings. The van der Waals surface area contributed by atoms with Crippen LogP contribution in [-0.4, -0.2) is 60.7 Å². The van der Waals surface area contributed by atoms with E-state index in [2.05, 4.69) is 14.9 Å².